The molecule has 7 heteroatoms. The minimum absolute atomic E-state index is 0.00398. The van der Waals surface area contributed by atoms with Crippen LogP contribution in [0.15, 0.2) is 42.5 Å². The Morgan fingerprint density at radius 3 is 2.52 bits per heavy atom. The summed E-state index contributed by atoms with van der Waals surface area (Å²) in [5.41, 5.74) is 3.33. The second-order valence-electron chi connectivity index (χ2n) is 6.50. The number of sulfonamides is 1. The molecule has 0 radical (unpaired) electrons. The highest BCUT2D eigenvalue weighted by Crippen LogP contribution is 2.30. The normalized spacial score (nSPS) is 14.0. The predicted octanol–water partition coefficient (Wildman–Crippen LogP) is 2.98. The van der Waals surface area contributed by atoms with Gasteiger partial charge in [0.05, 0.1) is 12.9 Å². The van der Waals surface area contributed by atoms with Crippen molar-refractivity contribution in [3.05, 3.63) is 53.6 Å². The van der Waals surface area contributed by atoms with E-state index in [-0.39, 0.29) is 11.7 Å². The van der Waals surface area contributed by atoms with Crippen LogP contribution in [0, 0.1) is 0 Å². The van der Waals surface area contributed by atoms with Gasteiger partial charge in [-0.1, -0.05) is 12.1 Å². The van der Waals surface area contributed by atoms with E-state index in [1.54, 1.807) is 18.1 Å². The molecule has 0 fully saturated rings. The van der Waals surface area contributed by atoms with Crippen LogP contribution in [-0.4, -0.2) is 33.7 Å². The Kier molecular flexibility index (Phi) is 5.70. The van der Waals surface area contributed by atoms with E-state index in [0.717, 1.165) is 22.6 Å². The Bertz CT molecular complexity index is 923. The number of nitrogens with one attached hydrogen (secondary N) is 1. The first kappa shape index (κ1) is 19.2. The van der Waals surface area contributed by atoms with Crippen molar-refractivity contribution in [2.75, 3.05) is 29.0 Å². The van der Waals surface area contributed by atoms with Crippen molar-refractivity contribution in [2.24, 2.45) is 0 Å². The molecule has 1 heterocycles. The summed E-state index contributed by atoms with van der Waals surface area (Å²) < 4.78 is 32.6. The van der Waals surface area contributed by atoms with Gasteiger partial charge in [0.25, 0.3) is 0 Å². The van der Waals surface area contributed by atoms with E-state index in [0.29, 0.717) is 31.5 Å². The lowest BCUT2D eigenvalue weighted by Gasteiger charge is -2.28. The molecular formula is C20H24N2O4S. The van der Waals surface area contributed by atoms with E-state index < -0.39 is 10.0 Å². The lowest BCUT2D eigenvalue weighted by atomic mass is 10.0. The number of anilines is 2. The van der Waals surface area contributed by atoms with Crippen LogP contribution < -0.4 is 14.4 Å². The summed E-state index contributed by atoms with van der Waals surface area (Å²) in [6.45, 7) is 2.54. The smallest absolute Gasteiger partial charge is 0.233 e. The standard InChI is InChI=1S/C20H24N2O4S/c1-3-22-19-10-7-17(14-16(19)6-11-20(22)23)21-27(24,25)13-12-15-4-8-18(26-2)9-5-15/h4-5,7-10,14,21H,3,6,11-13H2,1-2H3. The number of rotatable bonds is 7. The Labute approximate surface area is 160 Å². The molecule has 0 saturated heterocycles. The number of fused-ring (bicyclic) bond motifs is 1. The maximum Gasteiger partial charge on any atom is 0.233 e. The first-order chi connectivity index (χ1) is 12.9. The highest BCUT2D eigenvalue weighted by atomic mass is 32.2. The van der Waals surface area contributed by atoms with Crippen molar-refractivity contribution >= 4 is 27.3 Å². The summed E-state index contributed by atoms with van der Waals surface area (Å²) in [5, 5.41) is 0. The Balaban J connectivity index is 1.67. The molecule has 144 valence electrons. The Morgan fingerprint density at radius 1 is 1.11 bits per heavy atom. The summed E-state index contributed by atoms with van der Waals surface area (Å²) in [6, 6.07) is 12.7. The third-order valence-electron chi connectivity index (χ3n) is 4.69. The van der Waals surface area contributed by atoms with Gasteiger partial charge >= 0.3 is 0 Å². The van der Waals surface area contributed by atoms with Crippen LogP contribution in [0.5, 0.6) is 5.75 Å². The molecule has 0 bridgehead atoms. The molecule has 0 saturated carbocycles. The molecule has 1 aliphatic rings. The first-order valence-electron chi connectivity index (χ1n) is 8.98. The number of benzene rings is 2. The van der Waals surface area contributed by atoms with Gasteiger partial charge < -0.3 is 9.64 Å². The fourth-order valence-electron chi connectivity index (χ4n) is 3.25. The molecule has 3 rings (SSSR count). The molecule has 2 aromatic carbocycles. The zero-order valence-corrected chi connectivity index (χ0v) is 16.4. The summed E-state index contributed by atoms with van der Waals surface area (Å²) in [6.07, 6.45) is 1.50. The zero-order valence-electron chi connectivity index (χ0n) is 15.6. The molecule has 1 aliphatic heterocycles. The third-order valence-corrected chi connectivity index (χ3v) is 5.98. The van der Waals surface area contributed by atoms with Crippen molar-refractivity contribution in [3.63, 3.8) is 0 Å². The summed E-state index contributed by atoms with van der Waals surface area (Å²) in [4.78, 5) is 13.7. The van der Waals surface area contributed by atoms with Crippen LogP contribution in [0.3, 0.4) is 0 Å². The van der Waals surface area contributed by atoms with E-state index in [4.69, 9.17) is 4.74 Å². The van der Waals surface area contributed by atoms with E-state index >= 15 is 0 Å². The number of hydrogen-bond acceptors (Lipinski definition) is 4. The number of amides is 1. The van der Waals surface area contributed by atoms with E-state index in [2.05, 4.69) is 4.72 Å². The average molecular weight is 388 g/mol. The van der Waals surface area contributed by atoms with Crippen LogP contribution in [0.2, 0.25) is 0 Å². The van der Waals surface area contributed by atoms with Gasteiger partial charge in [-0.2, -0.15) is 0 Å². The summed E-state index contributed by atoms with van der Waals surface area (Å²) >= 11 is 0. The zero-order chi connectivity index (χ0) is 19.4. The van der Waals surface area contributed by atoms with Gasteiger partial charge in [-0.15, -0.1) is 0 Å². The van der Waals surface area contributed by atoms with E-state index in [1.807, 2.05) is 43.3 Å². The highest BCUT2D eigenvalue weighted by molar-refractivity contribution is 7.92. The van der Waals surface area contributed by atoms with Crippen LogP contribution >= 0.6 is 0 Å². The van der Waals surface area contributed by atoms with E-state index in [9.17, 15) is 13.2 Å². The number of methoxy groups -OCH3 is 1. The molecule has 0 spiro atoms. The minimum atomic E-state index is -3.47. The quantitative estimate of drug-likeness (QED) is 0.791. The third kappa shape index (κ3) is 4.60. The molecule has 0 aromatic heterocycles. The van der Waals surface area contributed by atoms with Crippen LogP contribution in [0.4, 0.5) is 11.4 Å². The molecule has 1 N–H and O–H groups in total. The predicted molar refractivity (Wildman–Crippen MR) is 107 cm³/mol. The van der Waals surface area contributed by atoms with Crippen molar-refractivity contribution in [1.82, 2.24) is 0 Å². The topological polar surface area (TPSA) is 75.7 Å². The van der Waals surface area contributed by atoms with Gasteiger partial charge in [0.15, 0.2) is 0 Å². The molecular weight excluding hydrogens is 364 g/mol. The largest absolute Gasteiger partial charge is 0.497 e. The molecule has 0 unspecified atom stereocenters. The lowest BCUT2D eigenvalue weighted by Crippen LogP contribution is -2.34. The van der Waals surface area contributed by atoms with Crippen molar-refractivity contribution in [3.8, 4) is 5.75 Å². The number of aryl methyl sites for hydroxylation is 2. The monoisotopic (exact) mass is 388 g/mol. The molecule has 2 aromatic rings. The minimum Gasteiger partial charge on any atom is -0.497 e. The summed E-state index contributed by atoms with van der Waals surface area (Å²) in [5.74, 6) is 0.849. The number of nitrogens with zero attached hydrogens (tertiary/aromatic N) is 1. The lowest BCUT2D eigenvalue weighted by molar-refractivity contribution is -0.118. The van der Waals surface area contributed by atoms with Crippen molar-refractivity contribution in [1.29, 1.82) is 0 Å². The number of carbonyl (C=O) groups is 1. The van der Waals surface area contributed by atoms with Crippen molar-refractivity contribution in [2.45, 2.75) is 26.2 Å². The van der Waals surface area contributed by atoms with Crippen LogP contribution in [0.25, 0.3) is 0 Å². The maximum absolute atomic E-state index is 12.4. The number of ether oxygens (including phenoxy) is 1. The average Bonchev–Trinajstić information content (AvgIpc) is 2.66. The Hall–Kier alpha value is -2.54. The van der Waals surface area contributed by atoms with Crippen molar-refractivity contribution < 1.29 is 17.9 Å². The van der Waals surface area contributed by atoms with Gasteiger partial charge in [0.2, 0.25) is 15.9 Å². The molecule has 27 heavy (non-hydrogen) atoms. The number of hydrogen-bond donors (Lipinski definition) is 1. The van der Waals surface area contributed by atoms with Gasteiger partial charge in [0, 0.05) is 24.3 Å². The highest BCUT2D eigenvalue weighted by Gasteiger charge is 2.23. The van der Waals surface area contributed by atoms with Gasteiger partial charge in [0.1, 0.15) is 5.75 Å². The van der Waals surface area contributed by atoms with Gasteiger partial charge in [-0.3, -0.25) is 9.52 Å². The SMILES string of the molecule is CCN1C(=O)CCc2cc(NS(=O)(=O)CCc3ccc(OC)cc3)ccc21. The fourth-order valence-corrected chi connectivity index (χ4v) is 4.34. The summed E-state index contributed by atoms with van der Waals surface area (Å²) in [7, 11) is -1.87. The second-order valence-corrected chi connectivity index (χ2v) is 8.34. The van der Waals surface area contributed by atoms with Gasteiger partial charge in [-0.25, -0.2) is 8.42 Å². The van der Waals surface area contributed by atoms with E-state index in [1.165, 1.54) is 0 Å². The Morgan fingerprint density at radius 2 is 1.85 bits per heavy atom. The van der Waals surface area contributed by atoms with Crippen LogP contribution in [0.1, 0.15) is 24.5 Å². The fraction of sp³-hybridized carbons (Fsp3) is 0.350. The first-order valence-corrected chi connectivity index (χ1v) is 10.6. The second kappa shape index (κ2) is 8.00. The van der Waals surface area contributed by atoms with Gasteiger partial charge in [-0.05, 0) is 61.2 Å². The number of carbonyl (C=O) groups excluding carboxylic acids is 1. The van der Waals surface area contributed by atoms with Crippen LogP contribution in [-0.2, 0) is 27.7 Å². The maximum atomic E-state index is 12.4. The molecule has 6 nitrogen and oxygen atoms in total. The molecule has 1 amide bonds. The molecule has 0 aliphatic carbocycles. The molecule has 0 atom stereocenters.